The highest BCUT2D eigenvalue weighted by molar-refractivity contribution is 6.34. The first kappa shape index (κ1) is 15.0. The molecule has 1 amide bonds. The summed E-state index contributed by atoms with van der Waals surface area (Å²) in [5.41, 5.74) is 1.70. The Labute approximate surface area is 135 Å². The molecule has 0 saturated carbocycles. The molecular formula is C15H11ClN4O3. The first-order valence-electron chi connectivity index (χ1n) is 6.68. The van der Waals surface area contributed by atoms with E-state index in [4.69, 9.17) is 11.6 Å². The van der Waals surface area contributed by atoms with Crippen molar-refractivity contribution in [3.8, 4) is 0 Å². The third kappa shape index (κ3) is 3.14. The Morgan fingerprint density at radius 1 is 1.30 bits per heavy atom. The van der Waals surface area contributed by atoms with Gasteiger partial charge in [-0.05, 0) is 23.8 Å². The number of pyridine rings is 1. The van der Waals surface area contributed by atoms with Crippen molar-refractivity contribution in [1.29, 1.82) is 0 Å². The normalized spacial score (nSPS) is 10.7. The maximum atomic E-state index is 12.1. The number of hydrogen-bond acceptors (Lipinski definition) is 4. The number of benzene rings is 1. The van der Waals surface area contributed by atoms with Crippen LogP contribution in [0.15, 0.2) is 48.9 Å². The highest BCUT2D eigenvalue weighted by Crippen LogP contribution is 2.22. The van der Waals surface area contributed by atoms with Gasteiger partial charge >= 0.3 is 0 Å². The van der Waals surface area contributed by atoms with E-state index in [2.05, 4.69) is 10.3 Å². The summed E-state index contributed by atoms with van der Waals surface area (Å²) >= 11 is 5.93. The monoisotopic (exact) mass is 330 g/mol. The highest BCUT2D eigenvalue weighted by atomic mass is 35.5. The van der Waals surface area contributed by atoms with Crippen molar-refractivity contribution < 1.29 is 9.72 Å². The third-order valence-corrected chi connectivity index (χ3v) is 3.64. The van der Waals surface area contributed by atoms with Gasteiger partial charge in [0.05, 0.1) is 15.5 Å². The first-order chi connectivity index (χ1) is 11.0. The molecule has 1 N–H and O–H groups in total. The fraction of sp³-hybridized carbons (Fsp3) is 0.0667. The molecule has 0 aliphatic heterocycles. The van der Waals surface area contributed by atoms with Gasteiger partial charge in [0.2, 0.25) is 0 Å². The molecule has 0 spiro atoms. The molecule has 2 aromatic heterocycles. The van der Waals surface area contributed by atoms with Crippen molar-refractivity contribution in [1.82, 2.24) is 14.7 Å². The average molecular weight is 331 g/mol. The lowest BCUT2D eigenvalue weighted by Gasteiger charge is -2.07. The predicted octanol–water partition coefficient (Wildman–Crippen LogP) is 2.83. The lowest BCUT2D eigenvalue weighted by atomic mass is 10.2. The van der Waals surface area contributed by atoms with Gasteiger partial charge in [0.1, 0.15) is 5.65 Å². The molecule has 3 rings (SSSR count). The number of nitro benzene ring substituents is 1. The molecule has 3 aromatic rings. The minimum atomic E-state index is -0.562. The Balaban J connectivity index is 1.72. The summed E-state index contributed by atoms with van der Waals surface area (Å²) < 4.78 is 1.86. The molecule has 0 aliphatic carbocycles. The van der Waals surface area contributed by atoms with Crippen molar-refractivity contribution in [2.75, 3.05) is 0 Å². The molecule has 0 radical (unpaired) electrons. The molecule has 0 aliphatic rings. The Kier molecular flexibility index (Phi) is 3.94. The number of carbonyl (C=O) groups is 1. The van der Waals surface area contributed by atoms with Crippen LogP contribution in [-0.4, -0.2) is 20.2 Å². The van der Waals surface area contributed by atoms with Gasteiger partial charge in [-0.2, -0.15) is 0 Å². The largest absolute Gasteiger partial charge is 0.348 e. The summed E-state index contributed by atoms with van der Waals surface area (Å²) in [4.78, 5) is 26.4. The van der Waals surface area contributed by atoms with Crippen LogP contribution in [0.5, 0.6) is 0 Å². The number of carbonyl (C=O) groups excluding carboxylic acids is 1. The topological polar surface area (TPSA) is 89.5 Å². The molecule has 116 valence electrons. The van der Waals surface area contributed by atoms with Gasteiger partial charge in [0.25, 0.3) is 11.6 Å². The van der Waals surface area contributed by atoms with E-state index in [1.807, 2.05) is 28.9 Å². The van der Waals surface area contributed by atoms with E-state index < -0.39 is 10.8 Å². The molecule has 2 heterocycles. The van der Waals surface area contributed by atoms with E-state index in [9.17, 15) is 14.9 Å². The number of rotatable bonds is 4. The second-order valence-corrected chi connectivity index (χ2v) is 5.24. The van der Waals surface area contributed by atoms with E-state index in [-0.39, 0.29) is 16.3 Å². The number of aromatic nitrogens is 2. The van der Waals surface area contributed by atoms with Crippen LogP contribution in [-0.2, 0) is 6.54 Å². The Bertz CT molecular complexity index is 907. The quantitative estimate of drug-likeness (QED) is 0.588. The zero-order chi connectivity index (χ0) is 16.4. The van der Waals surface area contributed by atoms with Gasteiger partial charge in [-0.3, -0.25) is 14.9 Å². The SMILES string of the molecule is O=C(NCc1ccn2ccnc2c1)c1ccc([N+](=O)[O-])cc1Cl. The number of non-ortho nitro benzene ring substituents is 1. The molecule has 0 atom stereocenters. The lowest BCUT2D eigenvalue weighted by Crippen LogP contribution is -2.23. The highest BCUT2D eigenvalue weighted by Gasteiger charge is 2.14. The van der Waals surface area contributed by atoms with Crippen molar-refractivity contribution in [2.24, 2.45) is 0 Å². The van der Waals surface area contributed by atoms with Crippen LogP contribution < -0.4 is 5.32 Å². The van der Waals surface area contributed by atoms with Crippen LogP contribution in [0, 0.1) is 10.1 Å². The molecule has 23 heavy (non-hydrogen) atoms. The van der Waals surface area contributed by atoms with Crippen molar-refractivity contribution >= 4 is 28.8 Å². The second kappa shape index (κ2) is 6.05. The summed E-state index contributed by atoms with van der Waals surface area (Å²) in [7, 11) is 0. The number of halogens is 1. The van der Waals surface area contributed by atoms with E-state index in [1.54, 1.807) is 6.20 Å². The smallest absolute Gasteiger partial charge is 0.270 e. The summed E-state index contributed by atoms with van der Waals surface area (Å²) in [6.45, 7) is 0.301. The fourth-order valence-corrected chi connectivity index (χ4v) is 2.40. The summed E-state index contributed by atoms with van der Waals surface area (Å²) in [5, 5.41) is 13.4. The van der Waals surface area contributed by atoms with Gasteiger partial charge in [0.15, 0.2) is 0 Å². The molecule has 0 saturated heterocycles. The molecule has 7 nitrogen and oxygen atoms in total. The minimum Gasteiger partial charge on any atom is -0.348 e. The van der Waals surface area contributed by atoms with E-state index in [1.165, 1.54) is 12.1 Å². The Hall–Kier alpha value is -2.93. The maximum absolute atomic E-state index is 12.1. The molecule has 0 bridgehead atoms. The first-order valence-corrected chi connectivity index (χ1v) is 7.06. The van der Waals surface area contributed by atoms with Crippen molar-refractivity contribution in [3.63, 3.8) is 0 Å². The third-order valence-electron chi connectivity index (χ3n) is 3.32. The average Bonchev–Trinajstić information content (AvgIpc) is 3.00. The zero-order valence-electron chi connectivity index (χ0n) is 11.8. The van der Waals surface area contributed by atoms with Crippen molar-refractivity contribution in [3.05, 3.63) is 75.2 Å². The fourth-order valence-electron chi connectivity index (χ4n) is 2.14. The minimum absolute atomic E-state index is 0.0420. The van der Waals surface area contributed by atoms with Gasteiger partial charge in [-0.15, -0.1) is 0 Å². The maximum Gasteiger partial charge on any atom is 0.270 e. The number of fused-ring (bicyclic) bond motifs is 1. The predicted molar refractivity (Wildman–Crippen MR) is 84.5 cm³/mol. The van der Waals surface area contributed by atoms with Crippen LogP contribution in [0.1, 0.15) is 15.9 Å². The number of imidazole rings is 1. The summed E-state index contributed by atoms with van der Waals surface area (Å²) in [6, 6.07) is 7.47. The second-order valence-electron chi connectivity index (χ2n) is 4.83. The van der Waals surface area contributed by atoms with Gasteiger partial charge in [-0.1, -0.05) is 11.6 Å². The van der Waals surface area contributed by atoms with Gasteiger partial charge in [0, 0.05) is 37.3 Å². The Morgan fingerprint density at radius 2 is 2.13 bits per heavy atom. The standard InChI is InChI=1S/C15H11ClN4O3/c16-13-8-11(20(22)23)1-2-12(13)15(21)18-9-10-3-5-19-6-4-17-14(19)7-10/h1-8H,9H2,(H,18,21). The lowest BCUT2D eigenvalue weighted by molar-refractivity contribution is -0.384. The number of nitrogens with zero attached hydrogens (tertiary/aromatic N) is 3. The van der Waals surface area contributed by atoms with E-state index in [0.29, 0.717) is 6.54 Å². The number of hydrogen-bond donors (Lipinski definition) is 1. The number of nitrogens with one attached hydrogen (secondary N) is 1. The zero-order valence-corrected chi connectivity index (χ0v) is 12.5. The molecular weight excluding hydrogens is 320 g/mol. The van der Waals surface area contributed by atoms with Crippen LogP contribution in [0.4, 0.5) is 5.69 Å². The summed E-state index contributed by atoms with van der Waals surface area (Å²) in [5.74, 6) is -0.395. The van der Waals surface area contributed by atoms with Crippen LogP contribution >= 0.6 is 11.6 Å². The number of amides is 1. The molecule has 8 heteroatoms. The summed E-state index contributed by atoms with van der Waals surface area (Å²) in [6.07, 6.45) is 5.37. The van der Waals surface area contributed by atoms with Gasteiger partial charge in [-0.25, -0.2) is 4.98 Å². The van der Waals surface area contributed by atoms with Crippen LogP contribution in [0.2, 0.25) is 5.02 Å². The number of nitro groups is 1. The Morgan fingerprint density at radius 3 is 2.87 bits per heavy atom. The molecule has 1 aromatic carbocycles. The molecule has 0 unspecified atom stereocenters. The van der Waals surface area contributed by atoms with E-state index in [0.717, 1.165) is 17.3 Å². The van der Waals surface area contributed by atoms with Gasteiger partial charge < -0.3 is 9.72 Å². The van der Waals surface area contributed by atoms with Crippen LogP contribution in [0.25, 0.3) is 5.65 Å². The molecule has 0 fully saturated rings. The van der Waals surface area contributed by atoms with E-state index >= 15 is 0 Å². The van der Waals surface area contributed by atoms with Crippen LogP contribution in [0.3, 0.4) is 0 Å². The van der Waals surface area contributed by atoms with Crippen molar-refractivity contribution in [2.45, 2.75) is 6.54 Å².